The van der Waals surface area contributed by atoms with E-state index in [1.165, 1.54) is 0 Å². The molecule has 0 spiro atoms. The van der Waals surface area contributed by atoms with Gasteiger partial charge in [-0.2, -0.15) is 0 Å². The molecule has 6 heteroatoms. The molecule has 0 radical (unpaired) electrons. The lowest BCUT2D eigenvalue weighted by molar-refractivity contribution is 0.614. The lowest BCUT2D eigenvalue weighted by Crippen LogP contribution is -2.22. The quantitative estimate of drug-likeness (QED) is 0.326. The van der Waals surface area contributed by atoms with Crippen molar-refractivity contribution in [2.75, 3.05) is 6.54 Å². The van der Waals surface area contributed by atoms with Gasteiger partial charge in [-0.15, -0.1) is 0 Å². The normalized spacial score (nSPS) is 12.1. The molecule has 0 aliphatic heterocycles. The molecule has 1 rings (SSSR count). The average Bonchev–Trinajstić information content (AvgIpc) is 2.36. The van der Waals surface area contributed by atoms with Crippen LogP contribution in [0.2, 0.25) is 0 Å². The molecule has 17 heavy (non-hydrogen) atoms. The van der Waals surface area contributed by atoms with Crippen LogP contribution >= 0.6 is 0 Å². The van der Waals surface area contributed by atoms with E-state index in [1.807, 2.05) is 30.3 Å². The number of nitrogens with zero attached hydrogens (tertiary/aromatic N) is 6. The lowest BCUT2D eigenvalue weighted by atomic mass is 10.0. The minimum absolute atomic E-state index is 0.00733. The molecule has 1 unspecified atom stereocenters. The minimum atomic E-state index is -1.02. The zero-order valence-corrected chi connectivity index (χ0v) is 9.28. The van der Waals surface area contributed by atoms with Gasteiger partial charge < -0.3 is 0 Å². The molecular formula is C11H10N6. The van der Waals surface area contributed by atoms with Crippen molar-refractivity contribution in [3.05, 3.63) is 56.8 Å². The fraction of sp³-hybridized carbons (Fsp3) is 0.273. The van der Waals surface area contributed by atoms with Crippen molar-refractivity contribution in [3.63, 3.8) is 0 Å². The van der Waals surface area contributed by atoms with Crippen LogP contribution in [0.4, 0.5) is 0 Å². The molecule has 0 saturated heterocycles. The Balaban J connectivity index is 2.98. The molecule has 0 fully saturated rings. The molecule has 0 amide bonds. The second kappa shape index (κ2) is 6.09. The van der Waals surface area contributed by atoms with E-state index in [1.54, 1.807) is 6.92 Å². The largest absolute Gasteiger partial charge is 0.113 e. The van der Waals surface area contributed by atoms with Gasteiger partial charge in [-0.05, 0) is 30.1 Å². The molecule has 1 aromatic rings. The average molecular weight is 226 g/mol. The van der Waals surface area contributed by atoms with Gasteiger partial charge in [0.2, 0.25) is 0 Å². The summed E-state index contributed by atoms with van der Waals surface area (Å²) in [6, 6.07) is 9.30. The highest BCUT2D eigenvalue weighted by Gasteiger charge is 2.18. The van der Waals surface area contributed by atoms with E-state index in [2.05, 4.69) is 31.9 Å². The summed E-state index contributed by atoms with van der Waals surface area (Å²) < 4.78 is 0. The fourth-order valence-corrected chi connectivity index (χ4v) is 1.09. The van der Waals surface area contributed by atoms with Crippen LogP contribution in [0.1, 0.15) is 12.5 Å². The Morgan fingerprint density at radius 3 is 2.53 bits per heavy atom. The van der Waals surface area contributed by atoms with Crippen LogP contribution in [0, 0.1) is 11.8 Å². The zero-order chi connectivity index (χ0) is 12.6. The second-order valence-electron chi connectivity index (χ2n) is 3.47. The highest BCUT2D eigenvalue weighted by molar-refractivity contribution is 5.36. The van der Waals surface area contributed by atoms with E-state index in [4.69, 9.17) is 11.1 Å². The summed E-state index contributed by atoms with van der Waals surface area (Å²) in [6.07, 6.45) is 0. The number of rotatable bonds is 3. The van der Waals surface area contributed by atoms with Crippen LogP contribution in [0.15, 0.2) is 40.6 Å². The van der Waals surface area contributed by atoms with Gasteiger partial charge in [0.1, 0.15) is 5.54 Å². The van der Waals surface area contributed by atoms with Crippen molar-refractivity contribution in [3.8, 4) is 11.8 Å². The van der Waals surface area contributed by atoms with Gasteiger partial charge in [0, 0.05) is 21.9 Å². The summed E-state index contributed by atoms with van der Waals surface area (Å²) in [6.45, 7) is 1.63. The van der Waals surface area contributed by atoms with E-state index in [0.717, 1.165) is 5.56 Å². The van der Waals surface area contributed by atoms with E-state index < -0.39 is 5.54 Å². The van der Waals surface area contributed by atoms with E-state index in [9.17, 15) is 0 Å². The number of benzene rings is 1. The first-order chi connectivity index (χ1) is 8.20. The maximum Gasteiger partial charge on any atom is 0.113 e. The monoisotopic (exact) mass is 226 g/mol. The van der Waals surface area contributed by atoms with Crippen molar-refractivity contribution in [1.29, 1.82) is 0 Å². The Morgan fingerprint density at radius 2 is 1.94 bits per heavy atom. The Bertz CT molecular complexity index is 528. The summed E-state index contributed by atoms with van der Waals surface area (Å²) >= 11 is 0. The third kappa shape index (κ3) is 4.18. The first-order valence-corrected chi connectivity index (χ1v) is 4.85. The summed E-state index contributed by atoms with van der Waals surface area (Å²) in [4.78, 5) is 5.34. The SMILES string of the molecule is CC(C#Cc1ccccc1)(CN=[N+]=[N-])N=[N+]=[N-]. The van der Waals surface area contributed by atoms with Crippen LogP contribution in [-0.2, 0) is 0 Å². The van der Waals surface area contributed by atoms with E-state index in [0.29, 0.717) is 0 Å². The molecular weight excluding hydrogens is 216 g/mol. The van der Waals surface area contributed by atoms with Crippen LogP contribution in [0.5, 0.6) is 0 Å². The highest BCUT2D eigenvalue weighted by atomic mass is 15.2. The standard InChI is InChI=1S/C11H10N6/c1-11(15-17-13,9-14-16-12)8-7-10-5-3-2-4-6-10/h2-6H,9H2,1H3. The van der Waals surface area contributed by atoms with Crippen molar-refractivity contribution in [2.24, 2.45) is 10.2 Å². The highest BCUT2D eigenvalue weighted by Crippen LogP contribution is 2.10. The Kier molecular flexibility index (Phi) is 4.46. The fourth-order valence-electron chi connectivity index (χ4n) is 1.09. The van der Waals surface area contributed by atoms with Gasteiger partial charge in [0.15, 0.2) is 0 Å². The maximum atomic E-state index is 8.45. The molecule has 0 aliphatic rings. The van der Waals surface area contributed by atoms with Crippen LogP contribution in [0.3, 0.4) is 0 Å². The van der Waals surface area contributed by atoms with E-state index >= 15 is 0 Å². The van der Waals surface area contributed by atoms with Crippen LogP contribution in [-0.4, -0.2) is 12.1 Å². The molecule has 0 N–H and O–H groups in total. The second-order valence-corrected chi connectivity index (χ2v) is 3.47. The molecule has 1 atom stereocenters. The van der Waals surface area contributed by atoms with Crippen molar-refractivity contribution in [1.82, 2.24) is 0 Å². The molecule has 0 bridgehead atoms. The zero-order valence-electron chi connectivity index (χ0n) is 9.28. The smallest absolute Gasteiger partial charge is 0.0923 e. The predicted molar refractivity (Wildman–Crippen MR) is 64.9 cm³/mol. The third-order valence-corrected chi connectivity index (χ3v) is 1.96. The van der Waals surface area contributed by atoms with Gasteiger partial charge in [-0.25, -0.2) is 0 Å². The lowest BCUT2D eigenvalue weighted by Gasteiger charge is -2.12. The summed E-state index contributed by atoms with van der Waals surface area (Å²) in [5, 5.41) is 6.94. The first-order valence-electron chi connectivity index (χ1n) is 4.85. The van der Waals surface area contributed by atoms with Crippen LogP contribution in [0.25, 0.3) is 20.9 Å². The van der Waals surface area contributed by atoms with E-state index in [-0.39, 0.29) is 6.54 Å². The number of hydrogen-bond acceptors (Lipinski definition) is 2. The Hall–Kier alpha value is -2.60. The molecule has 1 aromatic carbocycles. The van der Waals surface area contributed by atoms with Gasteiger partial charge in [0.25, 0.3) is 0 Å². The Morgan fingerprint density at radius 1 is 1.24 bits per heavy atom. The molecule has 0 aliphatic carbocycles. The van der Waals surface area contributed by atoms with Gasteiger partial charge >= 0.3 is 0 Å². The molecule has 0 saturated carbocycles. The topological polar surface area (TPSA) is 97.5 Å². The molecule has 0 aromatic heterocycles. The van der Waals surface area contributed by atoms with Gasteiger partial charge in [-0.3, -0.25) is 0 Å². The van der Waals surface area contributed by atoms with Gasteiger partial charge in [-0.1, -0.05) is 40.3 Å². The van der Waals surface area contributed by atoms with Crippen molar-refractivity contribution >= 4 is 0 Å². The predicted octanol–water partition coefficient (Wildman–Crippen LogP) is 3.42. The van der Waals surface area contributed by atoms with Gasteiger partial charge in [0.05, 0.1) is 0 Å². The summed E-state index contributed by atoms with van der Waals surface area (Å²) in [5.74, 6) is 5.69. The minimum Gasteiger partial charge on any atom is -0.0923 e. The maximum absolute atomic E-state index is 8.45. The first kappa shape index (κ1) is 12.5. The third-order valence-electron chi connectivity index (χ3n) is 1.96. The molecule has 0 heterocycles. The number of hydrogen-bond donors (Lipinski definition) is 0. The Labute approximate surface area is 98.5 Å². The van der Waals surface area contributed by atoms with Crippen molar-refractivity contribution in [2.45, 2.75) is 12.5 Å². The molecule has 6 nitrogen and oxygen atoms in total. The summed E-state index contributed by atoms with van der Waals surface area (Å²) in [7, 11) is 0. The number of azide groups is 2. The van der Waals surface area contributed by atoms with Crippen molar-refractivity contribution < 1.29 is 0 Å². The summed E-state index contributed by atoms with van der Waals surface area (Å²) in [5.41, 5.74) is 16.5. The van der Waals surface area contributed by atoms with Crippen LogP contribution < -0.4 is 0 Å². The molecule has 84 valence electrons.